The highest BCUT2D eigenvalue weighted by Crippen LogP contribution is 2.36. The van der Waals surface area contributed by atoms with Gasteiger partial charge in [-0.2, -0.15) is 0 Å². The molecule has 0 amide bonds. The zero-order valence-electron chi connectivity index (χ0n) is 13.2. The molecule has 1 atom stereocenters. The summed E-state index contributed by atoms with van der Waals surface area (Å²) in [6, 6.07) is 14.9. The first-order valence-electron chi connectivity index (χ1n) is 7.79. The molecule has 0 heterocycles. The summed E-state index contributed by atoms with van der Waals surface area (Å²) >= 11 is 0. The molecule has 1 unspecified atom stereocenters. The molecular weight excluding hydrogens is 260 g/mol. The van der Waals surface area contributed by atoms with E-state index in [0.717, 1.165) is 12.8 Å². The van der Waals surface area contributed by atoms with Crippen molar-refractivity contribution in [2.45, 2.75) is 45.3 Å². The Morgan fingerprint density at radius 1 is 1.05 bits per heavy atom. The van der Waals surface area contributed by atoms with Crippen LogP contribution < -0.4 is 11.3 Å². The maximum Gasteiger partial charge on any atom is 0.0883 e. The third kappa shape index (κ3) is 3.10. The van der Waals surface area contributed by atoms with E-state index in [1.54, 1.807) is 0 Å². The Kier molecular flexibility index (Phi) is 5.34. The van der Waals surface area contributed by atoms with Crippen LogP contribution in [0.3, 0.4) is 0 Å². The van der Waals surface area contributed by atoms with E-state index in [4.69, 9.17) is 10.6 Å². The van der Waals surface area contributed by atoms with E-state index >= 15 is 0 Å². The second-order valence-corrected chi connectivity index (χ2v) is 5.41. The lowest BCUT2D eigenvalue weighted by Crippen LogP contribution is -2.48. The van der Waals surface area contributed by atoms with Crippen LogP contribution in [0.1, 0.15) is 45.2 Å². The maximum atomic E-state index is 6.10. The molecule has 114 valence electrons. The smallest absolute Gasteiger partial charge is 0.0883 e. The molecule has 3 nitrogen and oxygen atoms in total. The summed E-state index contributed by atoms with van der Waals surface area (Å²) in [6.45, 7) is 7.04. The standard InChI is InChI=1S/C18H26N2O/c1-4-18(5-2,21-6-3)17(20-19)16-12-11-14-9-7-8-10-15(14)13-16/h7-13,17,20H,4-6,19H2,1-3H3. The molecule has 0 aliphatic rings. The zero-order chi connectivity index (χ0) is 15.3. The van der Waals surface area contributed by atoms with Crippen molar-refractivity contribution < 1.29 is 4.74 Å². The minimum absolute atomic E-state index is 0.0166. The van der Waals surface area contributed by atoms with Gasteiger partial charge in [-0.15, -0.1) is 0 Å². The number of hydrazine groups is 1. The molecule has 0 saturated carbocycles. The first kappa shape index (κ1) is 16.0. The summed E-state index contributed by atoms with van der Waals surface area (Å²) in [4.78, 5) is 0. The molecule has 2 rings (SSSR count). The Morgan fingerprint density at radius 3 is 2.29 bits per heavy atom. The van der Waals surface area contributed by atoms with Crippen LogP contribution in [0.2, 0.25) is 0 Å². The van der Waals surface area contributed by atoms with Crippen LogP contribution >= 0.6 is 0 Å². The number of nitrogens with one attached hydrogen (secondary N) is 1. The van der Waals surface area contributed by atoms with E-state index in [1.807, 2.05) is 6.92 Å². The summed E-state index contributed by atoms with van der Waals surface area (Å²) in [5, 5.41) is 2.47. The molecule has 0 bridgehead atoms. The third-order valence-corrected chi connectivity index (χ3v) is 4.43. The number of hydrogen-bond acceptors (Lipinski definition) is 3. The Balaban J connectivity index is 2.46. The van der Waals surface area contributed by atoms with Crippen LogP contribution in [-0.2, 0) is 4.74 Å². The summed E-state index contributed by atoms with van der Waals surface area (Å²) in [5.41, 5.74) is 3.89. The molecule has 3 heteroatoms. The molecule has 2 aromatic carbocycles. The van der Waals surface area contributed by atoms with Crippen molar-refractivity contribution in [2.24, 2.45) is 5.84 Å². The Labute approximate surface area is 127 Å². The molecule has 0 saturated heterocycles. The van der Waals surface area contributed by atoms with Gasteiger partial charge in [0.15, 0.2) is 0 Å². The summed E-state index contributed by atoms with van der Waals surface area (Å²) in [5.74, 6) is 5.89. The largest absolute Gasteiger partial charge is 0.373 e. The molecule has 0 radical (unpaired) electrons. The molecule has 0 fully saturated rings. The van der Waals surface area contributed by atoms with Crippen molar-refractivity contribution in [3.05, 3.63) is 48.0 Å². The highest BCUT2D eigenvalue weighted by Gasteiger charge is 2.37. The van der Waals surface area contributed by atoms with Crippen molar-refractivity contribution in [3.8, 4) is 0 Å². The predicted molar refractivity (Wildman–Crippen MR) is 89.0 cm³/mol. The van der Waals surface area contributed by atoms with Crippen LogP contribution in [0, 0.1) is 0 Å². The van der Waals surface area contributed by atoms with Crippen molar-refractivity contribution in [3.63, 3.8) is 0 Å². The SMILES string of the molecule is CCOC(CC)(CC)C(NN)c1ccc2ccccc2c1. The lowest BCUT2D eigenvalue weighted by Gasteiger charge is -2.39. The van der Waals surface area contributed by atoms with E-state index in [1.165, 1.54) is 16.3 Å². The lowest BCUT2D eigenvalue weighted by molar-refractivity contribution is -0.0733. The number of benzene rings is 2. The van der Waals surface area contributed by atoms with Gasteiger partial charge in [0.05, 0.1) is 11.6 Å². The van der Waals surface area contributed by atoms with Gasteiger partial charge in [-0.3, -0.25) is 11.3 Å². The van der Waals surface area contributed by atoms with Crippen molar-refractivity contribution in [2.75, 3.05) is 6.61 Å². The minimum atomic E-state index is -0.272. The third-order valence-electron chi connectivity index (χ3n) is 4.43. The van der Waals surface area contributed by atoms with Gasteiger partial charge in [0.1, 0.15) is 0 Å². The van der Waals surface area contributed by atoms with Crippen LogP contribution in [-0.4, -0.2) is 12.2 Å². The van der Waals surface area contributed by atoms with Gasteiger partial charge >= 0.3 is 0 Å². The fourth-order valence-electron chi connectivity index (χ4n) is 3.17. The summed E-state index contributed by atoms with van der Waals surface area (Å²) in [7, 11) is 0. The fraction of sp³-hybridized carbons (Fsp3) is 0.444. The normalized spacial score (nSPS) is 13.5. The van der Waals surface area contributed by atoms with Crippen molar-refractivity contribution >= 4 is 10.8 Å². The molecule has 0 aliphatic heterocycles. The maximum absolute atomic E-state index is 6.10. The zero-order valence-corrected chi connectivity index (χ0v) is 13.2. The monoisotopic (exact) mass is 286 g/mol. The average Bonchev–Trinajstić information content (AvgIpc) is 2.54. The number of fused-ring (bicyclic) bond motifs is 1. The second-order valence-electron chi connectivity index (χ2n) is 5.41. The molecule has 0 aliphatic carbocycles. The number of ether oxygens (including phenoxy) is 1. The first-order valence-corrected chi connectivity index (χ1v) is 7.79. The van der Waals surface area contributed by atoms with E-state index in [2.05, 4.69) is 61.7 Å². The van der Waals surface area contributed by atoms with Gasteiger partial charge in [-0.05, 0) is 42.2 Å². The Hall–Kier alpha value is -1.42. The Bertz CT molecular complexity index is 578. The van der Waals surface area contributed by atoms with Gasteiger partial charge in [0.2, 0.25) is 0 Å². The summed E-state index contributed by atoms with van der Waals surface area (Å²) in [6.07, 6.45) is 1.83. The fourth-order valence-corrected chi connectivity index (χ4v) is 3.17. The lowest BCUT2D eigenvalue weighted by atomic mass is 9.83. The van der Waals surface area contributed by atoms with Crippen LogP contribution in [0.5, 0.6) is 0 Å². The molecule has 3 N–H and O–H groups in total. The highest BCUT2D eigenvalue weighted by molar-refractivity contribution is 5.83. The van der Waals surface area contributed by atoms with E-state index in [0.29, 0.717) is 6.61 Å². The number of rotatable bonds is 7. The number of hydrogen-bond donors (Lipinski definition) is 2. The van der Waals surface area contributed by atoms with E-state index in [9.17, 15) is 0 Å². The van der Waals surface area contributed by atoms with Crippen LogP contribution in [0.15, 0.2) is 42.5 Å². The topological polar surface area (TPSA) is 47.3 Å². The Morgan fingerprint density at radius 2 is 1.71 bits per heavy atom. The minimum Gasteiger partial charge on any atom is -0.373 e. The van der Waals surface area contributed by atoms with Crippen molar-refractivity contribution in [1.82, 2.24) is 5.43 Å². The second kappa shape index (κ2) is 7.03. The predicted octanol–water partition coefficient (Wildman–Crippen LogP) is 3.94. The summed E-state index contributed by atoms with van der Waals surface area (Å²) < 4.78 is 6.10. The molecule has 21 heavy (non-hydrogen) atoms. The first-order chi connectivity index (χ1) is 10.2. The highest BCUT2D eigenvalue weighted by atomic mass is 16.5. The quantitative estimate of drug-likeness (QED) is 0.598. The van der Waals surface area contributed by atoms with Gasteiger partial charge in [0.25, 0.3) is 0 Å². The molecule has 0 spiro atoms. The molecular formula is C18H26N2O. The van der Waals surface area contributed by atoms with E-state index in [-0.39, 0.29) is 11.6 Å². The van der Waals surface area contributed by atoms with Gasteiger partial charge in [0, 0.05) is 6.61 Å². The molecule has 0 aromatic heterocycles. The van der Waals surface area contributed by atoms with Crippen LogP contribution in [0.25, 0.3) is 10.8 Å². The van der Waals surface area contributed by atoms with Crippen molar-refractivity contribution in [1.29, 1.82) is 0 Å². The number of nitrogens with two attached hydrogens (primary N) is 1. The van der Waals surface area contributed by atoms with Gasteiger partial charge < -0.3 is 4.74 Å². The average molecular weight is 286 g/mol. The van der Waals surface area contributed by atoms with E-state index < -0.39 is 0 Å². The van der Waals surface area contributed by atoms with Gasteiger partial charge in [-0.25, -0.2) is 0 Å². The van der Waals surface area contributed by atoms with Crippen LogP contribution in [0.4, 0.5) is 0 Å². The molecule has 2 aromatic rings. The van der Waals surface area contributed by atoms with Gasteiger partial charge in [-0.1, -0.05) is 50.2 Å².